The molecule has 22 heavy (non-hydrogen) atoms. The SMILES string of the molecule is CC1(C)O[C@H]2O[C@@H]3CN(C(=O)OCc4ccccc4)[C@@H]3[C@H]2O1. The van der Waals surface area contributed by atoms with E-state index in [0.717, 1.165) is 5.56 Å². The van der Waals surface area contributed by atoms with Gasteiger partial charge in [0.1, 0.15) is 18.8 Å². The van der Waals surface area contributed by atoms with Crippen molar-refractivity contribution in [3.63, 3.8) is 0 Å². The zero-order valence-electron chi connectivity index (χ0n) is 12.6. The predicted molar refractivity (Wildman–Crippen MR) is 75.8 cm³/mol. The quantitative estimate of drug-likeness (QED) is 0.835. The number of ether oxygens (including phenoxy) is 4. The van der Waals surface area contributed by atoms with Crippen LogP contribution in [0.5, 0.6) is 0 Å². The summed E-state index contributed by atoms with van der Waals surface area (Å²) >= 11 is 0. The normalized spacial score (nSPS) is 34.7. The third-order valence-corrected chi connectivity index (χ3v) is 4.29. The summed E-state index contributed by atoms with van der Waals surface area (Å²) in [5.41, 5.74) is 0.968. The molecule has 4 atom stereocenters. The van der Waals surface area contributed by atoms with Crippen LogP contribution in [0.3, 0.4) is 0 Å². The molecule has 3 heterocycles. The van der Waals surface area contributed by atoms with E-state index in [9.17, 15) is 4.79 Å². The average molecular weight is 305 g/mol. The number of amides is 1. The molecular weight excluding hydrogens is 286 g/mol. The molecule has 1 aromatic carbocycles. The molecule has 0 N–H and O–H groups in total. The lowest BCUT2D eigenvalue weighted by molar-refractivity contribution is -0.224. The molecule has 0 aliphatic carbocycles. The van der Waals surface area contributed by atoms with Gasteiger partial charge in [-0.25, -0.2) is 4.79 Å². The number of carbonyl (C=O) groups excluding carboxylic acids is 1. The van der Waals surface area contributed by atoms with Crippen LogP contribution in [0.25, 0.3) is 0 Å². The van der Waals surface area contributed by atoms with E-state index in [1.165, 1.54) is 0 Å². The summed E-state index contributed by atoms with van der Waals surface area (Å²) in [5.74, 6) is -0.671. The van der Waals surface area contributed by atoms with E-state index >= 15 is 0 Å². The molecule has 118 valence electrons. The van der Waals surface area contributed by atoms with Crippen molar-refractivity contribution in [2.75, 3.05) is 6.54 Å². The molecule has 6 heteroatoms. The Hall–Kier alpha value is -1.63. The fourth-order valence-electron chi connectivity index (χ4n) is 3.26. The fraction of sp³-hybridized carbons (Fsp3) is 0.562. The van der Waals surface area contributed by atoms with Gasteiger partial charge in [0.25, 0.3) is 0 Å². The van der Waals surface area contributed by atoms with Gasteiger partial charge in [0.05, 0.1) is 12.6 Å². The summed E-state index contributed by atoms with van der Waals surface area (Å²) in [7, 11) is 0. The molecule has 4 rings (SSSR count). The van der Waals surface area contributed by atoms with Crippen molar-refractivity contribution >= 4 is 6.09 Å². The van der Waals surface area contributed by atoms with E-state index < -0.39 is 12.1 Å². The van der Waals surface area contributed by atoms with E-state index in [1.54, 1.807) is 4.90 Å². The van der Waals surface area contributed by atoms with Crippen LogP contribution in [0.4, 0.5) is 4.79 Å². The maximum atomic E-state index is 12.2. The Bertz CT molecular complexity index is 575. The molecule has 0 bridgehead atoms. The lowest BCUT2D eigenvalue weighted by Crippen LogP contribution is -2.64. The summed E-state index contributed by atoms with van der Waals surface area (Å²) in [4.78, 5) is 13.9. The number of hydrogen-bond donors (Lipinski definition) is 0. The smallest absolute Gasteiger partial charge is 0.410 e. The number of fused-ring (bicyclic) bond motifs is 3. The number of benzene rings is 1. The van der Waals surface area contributed by atoms with E-state index in [4.69, 9.17) is 18.9 Å². The van der Waals surface area contributed by atoms with Crippen molar-refractivity contribution < 1.29 is 23.7 Å². The summed E-state index contributed by atoms with van der Waals surface area (Å²) < 4.78 is 22.7. The third kappa shape index (κ3) is 2.27. The molecule has 0 spiro atoms. The second kappa shape index (κ2) is 4.94. The minimum atomic E-state index is -0.671. The number of likely N-dealkylation sites (tertiary alicyclic amines) is 1. The number of nitrogens with zero attached hydrogens (tertiary/aromatic N) is 1. The third-order valence-electron chi connectivity index (χ3n) is 4.29. The molecule has 0 aromatic heterocycles. The van der Waals surface area contributed by atoms with Gasteiger partial charge in [0, 0.05) is 0 Å². The molecule has 0 radical (unpaired) electrons. The number of rotatable bonds is 2. The van der Waals surface area contributed by atoms with Crippen LogP contribution in [0.15, 0.2) is 30.3 Å². The summed E-state index contributed by atoms with van der Waals surface area (Å²) in [6, 6.07) is 9.51. The van der Waals surface area contributed by atoms with Gasteiger partial charge in [0.15, 0.2) is 12.1 Å². The highest BCUT2D eigenvalue weighted by Gasteiger charge is 2.62. The van der Waals surface area contributed by atoms with E-state index in [0.29, 0.717) is 6.54 Å². The first-order chi connectivity index (χ1) is 10.5. The lowest BCUT2D eigenvalue weighted by Gasteiger charge is -2.43. The first-order valence-electron chi connectivity index (χ1n) is 7.52. The summed E-state index contributed by atoms with van der Waals surface area (Å²) in [6.07, 6.45) is -0.979. The second-order valence-electron chi connectivity index (χ2n) is 6.33. The van der Waals surface area contributed by atoms with Crippen LogP contribution in [-0.4, -0.2) is 47.9 Å². The van der Waals surface area contributed by atoms with Crippen LogP contribution in [0.2, 0.25) is 0 Å². The minimum absolute atomic E-state index is 0.0182. The Balaban J connectivity index is 1.37. The van der Waals surface area contributed by atoms with Gasteiger partial charge in [0.2, 0.25) is 0 Å². The van der Waals surface area contributed by atoms with Crippen LogP contribution in [0, 0.1) is 0 Å². The van der Waals surface area contributed by atoms with Crippen LogP contribution >= 0.6 is 0 Å². The molecule has 0 saturated carbocycles. The van der Waals surface area contributed by atoms with Crippen molar-refractivity contribution in [2.24, 2.45) is 0 Å². The standard InChI is InChI=1S/C16H19NO5/c1-16(2)21-13-12-11(20-14(13)22-16)8-17(12)15(18)19-9-10-6-4-3-5-7-10/h3-7,11-14H,8-9H2,1-2H3/t11-,12+,13-,14-/m1/s1. The second-order valence-corrected chi connectivity index (χ2v) is 6.33. The zero-order valence-corrected chi connectivity index (χ0v) is 12.6. The first-order valence-corrected chi connectivity index (χ1v) is 7.52. The zero-order chi connectivity index (χ0) is 15.3. The van der Waals surface area contributed by atoms with Gasteiger partial charge >= 0.3 is 6.09 Å². The highest BCUT2D eigenvalue weighted by atomic mass is 16.8. The van der Waals surface area contributed by atoms with Crippen molar-refractivity contribution in [3.05, 3.63) is 35.9 Å². The molecule has 1 aromatic rings. The van der Waals surface area contributed by atoms with Crippen molar-refractivity contribution in [1.29, 1.82) is 0 Å². The van der Waals surface area contributed by atoms with E-state index in [2.05, 4.69) is 0 Å². The van der Waals surface area contributed by atoms with Gasteiger partial charge in [-0.2, -0.15) is 0 Å². The molecule has 6 nitrogen and oxygen atoms in total. The number of carbonyl (C=O) groups is 1. The van der Waals surface area contributed by atoms with Gasteiger partial charge in [-0.05, 0) is 19.4 Å². The Kier molecular flexibility index (Phi) is 3.14. The Morgan fingerprint density at radius 3 is 2.86 bits per heavy atom. The molecule has 3 saturated heterocycles. The van der Waals surface area contributed by atoms with Crippen LogP contribution in [-0.2, 0) is 25.6 Å². The van der Waals surface area contributed by atoms with Crippen LogP contribution < -0.4 is 0 Å². The fourth-order valence-corrected chi connectivity index (χ4v) is 3.26. The molecule has 3 aliphatic rings. The average Bonchev–Trinajstić information content (AvgIpc) is 2.87. The van der Waals surface area contributed by atoms with Crippen molar-refractivity contribution in [1.82, 2.24) is 4.90 Å². The van der Waals surface area contributed by atoms with E-state index in [-0.39, 0.29) is 30.9 Å². The summed E-state index contributed by atoms with van der Waals surface area (Å²) in [6.45, 7) is 4.49. The summed E-state index contributed by atoms with van der Waals surface area (Å²) in [5, 5.41) is 0. The lowest BCUT2D eigenvalue weighted by atomic mass is 9.97. The minimum Gasteiger partial charge on any atom is -0.445 e. The van der Waals surface area contributed by atoms with Gasteiger partial charge in [-0.1, -0.05) is 30.3 Å². The Morgan fingerprint density at radius 1 is 1.32 bits per heavy atom. The predicted octanol–water partition coefficient (Wildman–Crippen LogP) is 1.88. The van der Waals surface area contributed by atoms with Gasteiger partial charge in [-0.15, -0.1) is 0 Å². The van der Waals surface area contributed by atoms with Gasteiger partial charge < -0.3 is 18.9 Å². The Morgan fingerprint density at radius 2 is 2.09 bits per heavy atom. The van der Waals surface area contributed by atoms with Crippen LogP contribution in [0.1, 0.15) is 19.4 Å². The van der Waals surface area contributed by atoms with Crippen molar-refractivity contribution in [3.8, 4) is 0 Å². The molecule has 0 unspecified atom stereocenters. The molecule has 1 amide bonds. The maximum Gasteiger partial charge on any atom is 0.410 e. The van der Waals surface area contributed by atoms with Gasteiger partial charge in [-0.3, -0.25) is 4.90 Å². The largest absolute Gasteiger partial charge is 0.445 e. The highest BCUT2D eigenvalue weighted by molar-refractivity contribution is 5.70. The highest BCUT2D eigenvalue weighted by Crippen LogP contribution is 2.43. The maximum absolute atomic E-state index is 12.2. The number of hydrogen-bond acceptors (Lipinski definition) is 5. The molecular formula is C16H19NO5. The van der Waals surface area contributed by atoms with Crippen molar-refractivity contribution in [2.45, 2.75) is 50.8 Å². The molecule has 3 aliphatic heterocycles. The topological polar surface area (TPSA) is 57.2 Å². The monoisotopic (exact) mass is 305 g/mol. The first kappa shape index (κ1) is 14.0. The molecule has 3 fully saturated rings. The Labute approximate surface area is 128 Å². The van der Waals surface area contributed by atoms with E-state index in [1.807, 2.05) is 44.2 Å².